The van der Waals surface area contributed by atoms with Crippen molar-refractivity contribution in [3.63, 3.8) is 0 Å². The van der Waals surface area contributed by atoms with Crippen molar-refractivity contribution in [3.05, 3.63) is 47.5 Å². The second kappa shape index (κ2) is 5.99. The number of rotatable bonds is 2. The van der Waals surface area contributed by atoms with E-state index in [-0.39, 0.29) is 11.5 Å². The molecule has 0 saturated heterocycles. The maximum Gasteiger partial charge on any atom is 0.204 e. The third-order valence-corrected chi connectivity index (χ3v) is 7.13. The zero-order chi connectivity index (χ0) is 18.6. The summed E-state index contributed by atoms with van der Waals surface area (Å²) in [4.78, 5) is 1.31. The molecule has 27 heavy (non-hydrogen) atoms. The molecule has 2 N–H and O–H groups in total. The molecule has 138 valence electrons. The van der Waals surface area contributed by atoms with E-state index in [0.29, 0.717) is 11.7 Å². The van der Waals surface area contributed by atoms with Gasteiger partial charge in [0.1, 0.15) is 5.75 Å². The van der Waals surface area contributed by atoms with E-state index in [9.17, 15) is 0 Å². The second-order valence-electron chi connectivity index (χ2n) is 7.63. The quantitative estimate of drug-likeness (QED) is 0.700. The van der Waals surface area contributed by atoms with Crippen molar-refractivity contribution < 1.29 is 4.74 Å². The molecule has 5 rings (SSSR count). The van der Waals surface area contributed by atoms with Gasteiger partial charge in [0.2, 0.25) is 5.82 Å². The van der Waals surface area contributed by atoms with Crippen LogP contribution >= 0.6 is 11.8 Å². The van der Waals surface area contributed by atoms with E-state index in [0.717, 1.165) is 22.8 Å². The highest BCUT2D eigenvalue weighted by atomic mass is 32.2. The normalized spacial score (nSPS) is 22.2. The molecule has 2 aliphatic rings. The Bertz CT molecular complexity index is 987. The minimum Gasteiger partial charge on any atom is -0.496 e. The zero-order valence-corrected chi connectivity index (χ0v) is 16.3. The van der Waals surface area contributed by atoms with E-state index in [2.05, 4.69) is 70.1 Å². The van der Waals surface area contributed by atoms with Crippen LogP contribution in [0.2, 0.25) is 0 Å². The van der Waals surface area contributed by atoms with Crippen molar-refractivity contribution in [2.24, 2.45) is 5.92 Å². The molecule has 7 heteroatoms. The Kier molecular flexibility index (Phi) is 3.69. The first-order valence-electron chi connectivity index (χ1n) is 9.04. The number of aromatic nitrogens is 4. The minimum absolute atomic E-state index is 0.00343. The molecule has 2 aliphatic heterocycles. The number of tetrazole rings is 1. The molecule has 0 amide bonds. The van der Waals surface area contributed by atoms with Gasteiger partial charge in [-0.25, -0.2) is 0 Å². The molecule has 6 nitrogen and oxygen atoms in total. The Morgan fingerprint density at radius 3 is 2.89 bits per heavy atom. The van der Waals surface area contributed by atoms with Crippen molar-refractivity contribution in [1.82, 2.24) is 20.6 Å². The Morgan fingerprint density at radius 2 is 2.11 bits per heavy atom. The number of ether oxygens (including phenoxy) is 1. The number of nitrogens with zero attached hydrogens (tertiary/aromatic N) is 3. The summed E-state index contributed by atoms with van der Waals surface area (Å²) in [5.74, 6) is 3.10. The average Bonchev–Trinajstić information content (AvgIpc) is 3.22. The molecule has 0 fully saturated rings. The molecule has 0 unspecified atom stereocenters. The Morgan fingerprint density at radius 1 is 1.22 bits per heavy atom. The molecule has 0 spiro atoms. The molecule has 3 aromatic rings. The zero-order valence-electron chi connectivity index (χ0n) is 15.5. The summed E-state index contributed by atoms with van der Waals surface area (Å²) < 4.78 is 5.71. The number of hydrogen-bond acceptors (Lipinski definition) is 6. The van der Waals surface area contributed by atoms with Gasteiger partial charge in [0.25, 0.3) is 0 Å². The number of thioether (sulfide) groups is 1. The molecule has 2 atom stereocenters. The lowest BCUT2D eigenvalue weighted by atomic mass is 9.66. The summed E-state index contributed by atoms with van der Waals surface area (Å²) in [5, 5.41) is 18.3. The fourth-order valence-electron chi connectivity index (χ4n) is 4.40. The van der Waals surface area contributed by atoms with E-state index < -0.39 is 0 Å². The molecule has 1 aromatic heterocycles. The maximum absolute atomic E-state index is 5.71. The first-order valence-corrected chi connectivity index (χ1v) is 10.0. The van der Waals surface area contributed by atoms with Crippen LogP contribution < -0.4 is 10.1 Å². The van der Waals surface area contributed by atoms with Crippen molar-refractivity contribution in [3.8, 4) is 17.1 Å². The Balaban J connectivity index is 1.64. The van der Waals surface area contributed by atoms with Crippen molar-refractivity contribution >= 4 is 17.4 Å². The smallest absolute Gasteiger partial charge is 0.204 e. The van der Waals surface area contributed by atoms with E-state index in [1.54, 1.807) is 7.11 Å². The number of methoxy groups -OCH3 is 1. The number of fused-ring (bicyclic) bond motifs is 4. The number of nitrogens with one attached hydrogen (secondary N) is 2. The van der Waals surface area contributed by atoms with Gasteiger partial charge in [-0.15, -0.1) is 22.0 Å². The number of hydrogen-bond donors (Lipinski definition) is 2. The molecule has 0 radical (unpaired) electrons. The van der Waals surface area contributed by atoms with Crippen LogP contribution in [0.3, 0.4) is 0 Å². The maximum atomic E-state index is 5.71. The number of benzene rings is 2. The van der Waals surface area contributed by atoms with Crippen molar-refractivity contribution in [2.45, 2.75) is 30.2 Å². The number of aromatic amines is 1. The van der Waals surface area contributed by atoms with Gasteiger partial charge in [-0.3, -0.25) is 0 Å². The fraction of sp³-hybridized carbons (Fsp3) is 0.350. The van der Waals surface area contributed by atoms with Gasteiger partial charge in [0.15, 0.2) is 0 Å². The summed E-state index contributed by atoms with van der Waals surface area (Å²) in [6.07, 6.45) is 0. The second-order valence-corrected chi connectivity index (χ2v) is 8.69. The fourth-order valence-corrected chi connectivity index (χ4v) is 5.93. The summed E-state index contributed by atoms with van der Waals surface area (Å²) in [6, 6.07) is 12.9. The molecule has 0 bridgehead atoms. The largest absolute Gasteiger partial charge is 0.496 e. The van der Waals surface area contributed by atoms with Gasteiger partial charge < -0.3 is 10.1 Å². The van der Waals surface area contributed by atoms with Crippen LogP contribution in [0.1, 0.15) is 31.0 Å². The van der Waals surface area contributed by atoms with Gasteiger partial charge in [-0.05, 0) is 46.5 Å². The standard InChI is InChI=1S/C20H21N5OS/c1-20(2)12-9-11(19-22-24-25-23-19)7-8-14(12)21-18-13(20)10-27-16-6-4-5-15(26-3)17(16)18/h4-9,13,18,21H,10H2,1-3H3,(H,22,23,24,25)/t13-,18-/m0/s1. The molecule has 3 heterocycles. The van der Waals surface area contributed by atoms with Gasteiger partial charge >= 0.3 is 0 Å². The summed E-state index contributed by atoms with van der Waals surface area (Å²) in [5.41, 5.74) is 4.72. The lowest BCUT2D eigenvalue weighted by molar-refractivity contribution is 0.286. The van der Waals surface area contributed by atoms with E-state index in [1.807, 2.05) is 17.8 Å². The first kappa shape index (κ1) is 16.6. The third-order valence-electron chi connectivity index (χ3n) is 5.93. The van der Waals surface area contributed by atoms with Crippen molar-refractivity contribution in [2.75, 3.05) is 18.2 Å². The molecular weight excluding hydrogens is 358 g/mol. The lowest BCUT2D eigenvalue weighted by Gasteiger charge is -2.49. The molecule has 2 aromatic carbocycles. The molecule has 0 saturated carbocycles. The highest BCUT2D eigenvalue weighted by Crippen LogP contribution is 2.56. The van der Waals surface area contributed by atoms with Crippen LogP contribution in [0.15, 0.2) is 41.3 Å². The van der Waals surface area contributed by atoms with Crippen LogP contribution in [0.5, 0.6) is 5.75 Å². The summed E-state index contributed by atoms with van der Waals surface area (Å²) >= 11 is 1.92. The van der Waals surface area contributed by atoms with E-state index in [1.165, 1.54) is 16.0 Å². The highest BCUT2D eigenvalue weighted by Gasteiger charge is 2.46. The Hall–Kier alpha value is -2.54. The van der Waals surface area contributed by atoms with Gasteiger partial charge in [0, 0.05) is 33.4 Å². The monoisotopic (exact) mass is 379 g/mol. The average molecular weight is 379 g/mol. The SMILES string of the molecule is COc1cccc2c1[C@H]1Nc3ccc(-c4nn[nH]n4)cc3C(C)(C)[C@H]1CS2. The van der Waals surface area contributed by atoms with Crippen LogP contribution in [0.4, 0.5) is 5.69 Å². The Labute approximate surface area is 162 Å². The minimum atomic E-state index is -0.00343. The number of anilines is 1. The third kappa shape index (κ3) is 2.45. The van der Waals surface area contributed by atoms with Crippen LogP contribution in [-0.2, 0) is 5.41 Å². The topological polar surface area (TPSA) is 75.7 Å². The van der Waals surface area contributed by atoms with Gasteiger partial charge in [-0.1, -0.05) is 19.9 Å². The van der Waals surface area contributed by atoms with Gasteiger partial charge in [-0.2, -0.15) is 5.21 Å². The summed E-state index contributed by atoms with van der Waals surface area (Å²) in [6.45, 7) is 4.68. The number of H-pyrrole nitrogens is 1. The summed E-state index contributed by atoms with van der Waals surface area (Å²) in [7, 11) is 1.75. The first-order chi connectivity index (χ1) is 13.1. The predicted molar refractivity (Wildman–Crippen MR) is 106 cm³/mol. The van der Waals surface area contributed by atoms with E-state index >= 15 is 0 Å². The van der Waals surface area contributed by atoms with Crippen LogP contribution in [0, 0.1) is 5.92 Å². The van der Waals surface area contributed by atoms with E-state index in [4.69, 9.17) is 4.74 Å². The highest BCUT2D eigenvalue weighted by molar-refractivity contribution is 7.99. The van der Waals surface area contributed by atoms with Gasteiger partial charge in [0.05, 0.1) is 13.2 Å². The van der Waals surface area contributed by atoms with Crippen molar-refractivity contribution in [1.29, 1.82) is 0 Å². The molecular formula is C20H21N5OS. The predicted octanol–water partition coefficient (Wildman–Crippen LogP) is 4.04. The van der Waals surface area contributed by atoms with Crippen LogP contribution in [0.25, 0.3) is 11.4 Å². The molecule has 0 aliphatic carbocycles. The van der Waals surface area contributed by atoms with Crippen LogP contribution in [-0.4, -0.2) is 33.5 Å². The lowest BCUT2D eigenvalue weighted by Crippen LogP contribution is -2.44.